The number of nitrogens with one attached hydrogen (secondary N) is 1. The van der Waals surface area contributed by atoms with Crippen LogP contribution in [0.2, 0.25) is 0 Å². The van der Waals surface area contributed by atoms with E-state index in [9.17, 15) is 9.18 Å². The summed E-state index contributed by atoms with van der Waals surface area (Å²) in [6.45, 7) is 1.93. The normalized spacial score (nSPS) is 25.4. The highest BCUT2D eigenvalue weighted by molar-refractivity contribution is 5.77. The zero-order chi connectivity index (χ0) is 15.4. The number of rotatable bonds is 3. The Labute approximate surface area is 131 Å². The first-order valence-corrected chi connectivity index (χ1v) is 8.52. The maximum Gasteiger partial charge on any atom is 0.223 e. The van der Waals surface area contributed by atoms with Crippen molar-refractivity contribution in [1.29, 1.82) is 0 Å². The van der Waals surface area contributed by atoms with E-state index in [-0.39, 0.29) is 11.7 Å². The molecule has 120 valence electrons. The lowest BCUT2D eigenvalue weighted by Gasteiger charge is -2.41. The van der Waals surface area contributed by atoms with Gasteiger partial charge in [-0.25, -0.2) is 4.39 Å². The molecule has 1 aromatic rings. The van der Waals surface area contributed by atoms with Gasteiger partial charge >= 0.3 is 0 Å². The molecule has 0 aromatic heterocycles. The highest BCUT2D eigenvalue weighted by atomic mass is 19.1. The Morgan fingerprint density at radius 1 is 1.23 bits per heavy atom. The van der Waals surface area contributed by atoms with Crippen LogP contribution >= 0.6 is 0 Å². The minimum absolute atomic E-state index is 0.182. The lowest BCUT2D eigenvalue weighted by atomic mass is 9.93. The highest BCUT2D eigenvalue weighted by Gasteiger charge is 2.34. The zero-order valence-corrected chi connectivity index (χ0v) is 13.1. The van der Waals surface area contributed by atoms with Gasteiger partial charge in [0, 0.05) is 25.0 Å². The van der Waals surface area contributed by atoms with Gasteiger partial charge in [0.15, 0.2) is 0 Å². The van der Waals surface area contributed by atoms with Crippen molar-refractivity contribution in [3.05, 3.63) is 35.6 Å². The first kappa shape index (κ1) is 15.5. The summed E-state index contributed by atoms with van der Waals surface area (Å²) in [4.78, 5) is 14.7. The molecule has 0 unspecified atom stereocenters. The van der Waals surface area contributed by atoms with E-state index < -0.39 is 0 Å². The number of hydrogen-bond donors (Lipinski definition) is 1. The number of carbonyl (C=O) groups excluding carboxylic acids is 1. The zero-order valence-electron chi connectivity index (χ0n) is 13.1. The second kappa shape index (κ2) is 7.23. The molecule has 22 heavy (non-hydrogen) atoms. The Hall–Kier alpha value is -1.42. The van der Waals surface area contributed by atoms with Crippen molar-refractivity contribution in [2.75, 3.05) is 13.1 Å². The molecule has 0 radical (unpaired) electrons. The second-order valence-corrected chi connectivity index (χ2v) is 6.44. The first-order valence-electron chi connectivity index (χ1n) is 8.52. The van der Waals surface area contributed by atoms with Crippen LogP contribution in [0.25, 0.3) is 0 Å². The van der Waals surface area contributed by atoms with Gasteiger partial charge in [0.05, 0.1) is 0 Å². The Kier molecular flexibility index (Phi) is 5.08. The standard InChI is InChI=1S/C18H25FN2O/c19-15-7-2-1-6-14(15)10-11-18(22)21-13-5-8-16-17(21)9-3-4-12-20-16/h1-2,6-7,16-17,20H,3-5,8-13H2/t16-,17+/m1/s1. The molecule has 2 heterocycles. The monoisotopic (exact) mass is 304 g/mol. The molecular weight excluding hydrogens is 279 g/mol. The largest absolute Gasteiger partial charge is 0.338 e. The summed E-state index contributed by atoms with van der Waals surface area (Å²) in [5, 5.41) is 3.60. The number of likely N-dealkylation sites (tertiary alicyclic amines) is 1. The fourth-order valence-electron chi connectivity index (χ4n) is 3.81. The fraction of sp³-hybridized carbons (Fsp3) is 0.611. The van der Waals surface area contributed by atoms with Crippen molar-refractivity contribution in [1.82, 2.24) is 10.2 Å². The van der Waals surface area contributed by atoms with Crippen molar-refractivity contribution >= 4 is 5.91 Å². The SMILES string of the molecule is O=C(CCc1ccccc1F)N1CCC[C@H]2NCCCC[C@@H]21. The van der Waals surface area contributed by atoms with Gasteiger partial charge < -0.3 is 10.2 Å². The topological polar surface area (TPSA) is 32.3 Å². The number of piperidine rings is 1. The number of aryl methyl sites for hydroxylation is 1. The summed E-state index contributed by atoms with van der Waals surface area (Å²) in [5.41, 5.74) is 0.642. The van der Waals surface area contributed by atoms with Crippen LogP contribution in [-0.2, 0) is 11.2 Å². The predicted octanol–water partition coefficient (Wildman–Crippen LogP) is 2.89. The number of carbonyl (C=O) groups is 1. The highest BCUT2D eigenvalue weighted by Crippen LogP contribution is 2.25. The van der Waals surface area contributed by atoms with Gasteiger partial charge in [-0.2, -0.15) is 0 Å². The van der Waals surface area contributed by atoms with Gasteiger partial charge in [0.25, 0.3) is 0 Å². The summed E-state index contributed by atoms with van der Waals surface area (Å²) in [6, 6.07) is 7.54. The Morgan fingerprint density at radius 3 is 2.95 bits per heavy atom. The van der Waals surface area contributed by atoms with Gasteiger partial charge in [-0.3, -0.25) is 4.79 Å². The third kappa shape index (κ3) is 3.49. The summed E-state index contributed by atoms with van der Waals surface area (Å²) in [5.74, 6) is -0.0235. The Bertz CT molecular complexity index is 520. The first-order chi connectivity index (χ1) is 10.8. The molecule has 1 amide bonds. The maximum absolute atomic E-state index is 13.7. The van der Waals surface area contributed by atoms with E-state index in [1.54, 1.807) is 12.1 Å². The van der Waals surface area contributed by atoms with Gasteiger partial charge in [0.1, 0.15) is 5.82 Å². The third-order valence-electron chi connectivity index (χ3n) is 5.00. The van der Waals surface area contributed by atoms with Crippen LogP contribution in [0.5, 0.6) is 0 Å². The van der Waals surface area contributed by atoms with Crippen molar-refractivity contribution in [2.24, 2.45) is 0 Å². The fourth-order valence-corrected chi connectivity index (χ4v) is 3.81. The summed E-state index contributed by atoms with van der Waals surface area (Å²) < 4.78 is 13.7. The summed E-state index contributed by atoms with van der Waals surface area (Å²) >= 11 is 0. The average molecular weight is 304 g/mol. The number of nitrogens with zero attached hydrogens (tertiary/aromatic N) is 1. The van der Waals surface area contributed by atoms with E-state index in [0.717, 1.165) is 25.9 Å². The molecule has 0 spiro atoms. The van der Waals surface area contributed by atoms with Crippen LogP contribution in [0, 0.1) is 5.82 Å². The molecule has 2 atom stereocenters. The molecule has 2 fully saturated rings. The minimum atomic E-state index is -0.206. The molecule has 2 aliphatic rings. The Balaban J connectivity index is 1.62. The van der Waals surface area contributed by atoms with Crippen LogP contribution in [0.4, 0.5) is 4.39 Å². The van der Waals surface area contributed by atoms with E-state index in [2.05, 4.69) is 10.2 Å². The average Bonchev–Trinajstić information content (AvgIpc) is 2.79. The van der Waals surface area contributed by atoms with Crippen molar-refractivity contribution < 1.29 is 9.18 Å². The molecule has 1 N–H and O–H groups in total. The lowest BCUT2D eigenvalue weighted by molar-refractivity contribution is -0.135. The van der Waals surface area contributed by atoms with Crippen molar-refractivity contribution in [3.63, 3.8) is 0 Å². The predicted molar refractivity (Wildman–Crippen MR) is 85.1 cm³/mol. The summed E-state index contributed by atoms with van der Waals surface area (Å²) in [6.07, 6.45) is 6.62. The van der Waals surface area contributed by atoms with Crippen molar-refractivity contribution in [3.8, 4) is 0 Å². The molecule has 0 aliphatic carbocycles. The molecule has 0 saturated carbocycles. The lowest BCUT2D eigenvalue weighted by Crippen LogP contribution is -2.55. The quantitative estimate of drug-likeness (QED) is 0.931. The number of benzene rings is 1. The van der Waals surface area contributed by atoms with Gasteiger partial charge in [0.2, 0.25) is 5.91 Å². The number of fused-ring (bicyclic) bond motifs is 1. The molecular formula is C18H25FN2O. The maximum atomic E-state index is 13.7. The van der Waals surface area contributed by atoms with E-state index >= 15 is 0 Å². The van der Waals surface area contributed by atoms with E-state index in [0.29, 0.717) is 30.5 Å². The summed E-state index contributed by atoms with van der Waals surface area (Å²) in [7, 11) is 0. The van der Waals surface area contributed by atoms with E-state index in [1.165, 1.54) is 25.3 Å². The molecule has 1 aromatic carbocycles. The third-order valence-corrected chi connectivity index (χ3v) is 5.00. The van der Waals surface area contributed by atoms with Crippen LogP contribution in [0.15, 0.2) is 24.3 Å². The van der Waals surface area contributed by atoms with Gasteiger partial charge in [-0.05, 0) is 50.3 Å². The van der Waals surface area contributed by atoms with Crippen LogP contribution in [0.1, 0.15) is 44.1 Å². The number of halogens is 1. The molecule has 2 aliphatic heterocycles. The van der Waals surface area contributed by atoms with Crippen molar-refractivity contribution in [2.45, 2.75) is 57.0 Å². The van der Waals surface area contributed by atoms with Crippen LogP contribution < -0.4 is 5.32 Å². The number of hydrogen-bond acceptors (Lipinski definition) is 2. The molecule has 3 nitrogen and oxygen atoms in total. The molecule has 2 saturated heterocycles. The number of amides is 1. The Morgan fingerprint density at radius 2 is 2.09 bits per heavy atom. The second-order valence-electron chi connectivity index (χ2n) is 6.44. The smallest absolute Gasteiger partial charge is 0.223 e. The molecule has 0 bridgehead atoms. The molecule has 3 rings (SSSR count). The van der Waals surface area contributed by atoms with E-state index in [4.69, 9.17) is 0 Å². The molecule has 4 heteroatoms. The van der Waals surface area contributed by atoms with E-state index in [1.807, 2.05) is 6.07 Å². The van der Waals surface area contributed by atoms with Gasteiger partial charge in [-0.1, -0.05) is 24.6 Å². The minimum Gasteiger partial charge on any atom is -0.338 e. The van der Waals surface area contributed by atoms with Gasteiger partial charge in [-0.15, -0.1) is 0 Å². The van der Waals surface area contributed by atoms with Crippen LogP contribution in [-0.4, -0.2) is 36.0 Å². The van der Waals surface area contributed by atoms with Crippen LogP contribution in [0.3, 0.4) is 0 Å².